The molecule has 2 aromatic rings. The molecular weight excluding hydrogens is 223 g/mol. The predicted molar refractivity (Wildman–Crippen MR) is 61.8 cm³/mol. The van der Waals surface area contributed by atoms with E-state index < -0.39 is 5.56 Å². The van der Waals surface area contributed by atoms with E-state index in [9.17, 15) is 9.18 Å². The van der Waals surface area contributed by atoms with Crippen molar-refractivity contribution in [3.63, 3.8) is 0 Å². The summed E-state index contributed by atoms with van der Waals surface area (Å²) in [5.41, 5.74) is 2.24. The highest BCUT2D eigenvalue weighted by atomic mass is 19.1. The normalized spacial score (nSPS) is 10.2. The number of benzene rings is 1. The Morgan fingerprint density at radius 1 is 1.41 bits per heavy atom. The zero-order valence-electron chi connectivity index (χ0n) is 8.93. The summed E-state index contributed by atoms with van der Waals surface area (Å²) < 4.78 is 14.8. The summed E-state index contributed by atoms with van der Waals surface area (Å²) in [5, 5.41) is 0. The van der Waals surface area contributed by atoms with Crippen LogP contribution in [0.25, 0.3) is 0 Å². The molecule has 2 rings (SSSR count). The number of halogens is 1. The molecule has 6 heteroatoms. The minimum Gasteiger partial charge on any atom is -0.306 e. The second-order valence-corrected chi connectivity index (χ2v) is 3.44. The lowest BCUT2D eigenvalue weighted by Crippen LogP contribution is -2.27. The number of hydrazine groups is 1. The van der Waals surface area contributed by atoms with Gasteiger partial charge in [-0.15, -0.1) is 0 Å². The monoisotopic (exact) mass is 234 g/mol. The summed E-state index contributed by atoms with van der Waals surface area (Å²) >= 11 is 0. The van der Waals surface area contributed by atoms with Crippen LogP contribution in [0.2, 0.25) is 0 Å². The molecular formula is C11H11FN4O. The van der Waals surface area contributed by atoms with Crippen LogP contribution < -0.4 is 16.8 Å². The molecule has 0 saturated carbocycles. The number of nitrogens with one attached hydrogen (secondary N) is 1. The Balaban J connectivity index is 2.37. The van der Waals surface area contributed by atoms with E-state index in [1.54, 1.807) is 18.2 Å². The van der Waals surface area contributed by atoms with Crippen molar-refractivity contribution in [2.24, 2.45) is 5.84 Å². The smallest absolute Gasteiger partial charge is 0.294 e. The maximum atomic E-state index is 13.4. The van der Waals surface area contributed by atoms with Gasteiger partial charge < -0.3 is 9.99 Å². The van der Waals surface area contributed by atoms with E-state index >= 15 is 0 Å². The van der Waals surface area contributed by atoms with Crippen LogP contribution in [0, 0.1) is 5.82 Å². The van der Waals surface area contributed by atoms with Crippen molar-refractivity contribution in [2.45, 2.75) is 6.54 Å². The topological polar surface area (TPSA) is 72.9 Å². The van der Waals surface area contributed by atoms with Gasteiger partial charge in [-0.05, 0) is 6.07 Å². The van der Waals surface area contributed by atoms with Gasteiger partial charge >= 0.3 is 0 Å². The molecule has 0 unspecified atom stereocenters. The van der Waals surface area contributed by atoms with Gasteiger partial charge in [0.2, 0.25) is 5.82 Å². The van der Waals surface area contributed by atoms with Gasteiger partial charge in [0.25, 0.3) is 5.56 Å². The molecule has 1 aromatic carbocycles. The first kappa shape index (κ1) is 11.3. The molecule has 0 spiro atoms. The van der Waals surface area contributed by atoms with Crippen LogP contribution in [0.1, 0.15) is 5.56 Å². The van der Waals surface area contributed by atoms with E-state index in [4.69, 9.17) is 5.84 Å². The van der Waals surface area contributed by atoms with Crippen LogP contribution in [0.3, 0.4) is 0 Å². The molecule has 0 atom stereocenters. The third kappa shape index (κ3) is 2.31. The molecule has 1 aromatic heterocycles. The Morgan fingerprint density at radius 3 is 2.88 bits per heavy atom. The van der Waals surface area contributed by atoms with Crippen LogP contribution in [-0.2, 0) is 6.54 Å². The van der Waals surface area contributed by atoms with Crippen molar-refractivity contribution in [3.05, 3.63) is 58.4 Å². The number of hydrogen-bond acceptors (Lipinski definition) is 4. The first-order valence-corrected chi connectivity index (χ1v) is 4.98. The molecule has 3 N–H and O–H groups in total. The van der Waals surface area contributed by atoms with Crippen LogP contribution in [-0.4, -0.2) is 9.55 Å². The second-order valence-electron chi connectivity index (χ2n) is 3.44. The zero-order valence-corrected chi connectivity index (χ0v) is 8.93. The van der Waals surface area contributed by atoms with Gasteiger partial charge in [-0.2, -0.15) is 0 Å². The highest BCUT2D eigenvalue weighted by Crippen LogP contribution is 2.07. The van der Waals surface area contributed by atoms with Crippen LogP contribution in [0.15, 0.2) is 41.5 Å². The van der Waals surface area contributed by atoms with Crippen molar-refractivity contribution in [1.29, 1.82) is 0 Å². The highest BCUT2D eigenvalue weighted by molar-refractivity contribution is 5.29. The number of nitrogens with zero attached hydrogens (tertiary/aromatic N) is 2. The molecule has 0 saturated heterocycles. The molecule has 88 valence electrons. The lowest BCUT2D eigenvalue weighted by Gasteiger charge is -2.07. The van der Waals surface area contributed by atoms with Gasteiger partial charge in [0.1, 0.15) is 5.82 Å². The van der Waals surface area contributed by atoms with Crippen LogP contribution in [0.5, 0.6) is 0 Å². The number of aromatic nitrogens is 2. The van der Waals surface area contributed by atoms with E-state index in [0.717, 1.165) is 0 Å². The fraction of sp³-hybridized carbons (Fsp3) is 0.0909. The number of nitrogen functional groups attached to an aromatic ring is 1. The molecule has 5 nitrogen and oxygen atoms in total. The lowest BCUT2D eigenvalue weighted by molar-refractivity contribution is 0.595. The first-order chi connectivity index (χ1) is 8.22. The van der Waals surface area contributed by atoms with Gasteiger partial charge in [0.15, 0.2) is 0 Å². The van der Waals surface area contributed by atoms with E-state index in [-0.39, 0.29) is 18.2 Å². The van der Waals surface area contributed by atoms with Crippen molar-refractivity contribution in [2.75, 3.05) is 5.43 Å². The maximum absolute atomic E-state index is 13.4. The SMILES string of the molecule is NNc1nccn(Cc2ccccc2F)c1=O. The van der Waals surface area contributed by atoms with Gasteiger partial charge in [0.05, 0.1) is 6.54 Å². The predicted octanol–water partition coefficient (Wildman–Crippen LogP) is 0.716. The maximum Gasteiger partial charge on any atom is 0.294 e. The Hall–Kier alpha value is -2.21. The molecule has 17 heavy (non-hydrogen) atoms. The molecule has 0 radical (unpaired) electrons. The number of nitrogens with two attached hydrogens (primary N) is 1. The molecule has 0 aliphatic rings. The van der Waals surface area contributed by atoms with Crippen LogP contribution in [0.4, 0.5) is 10.2 Å². The largest absolute Gasteiger partial charge is 0.306 e. The standard InChI is InChI=1S/C11H11FN4O/c12-9-4-2-1-3-8(9)7-16-6-5-14-10(15-13)11(16)17/h1-6H,7,13H2,(H,14,15). The molecule has 0 aliphatic carbocycles. The first-order valence-electron chi connectivity index (χ1n) is 4.98. The Labute approximate surface area is 96.7 Å². The van der Waals surface area contributed by atoms with Crippen molar-refractivity contribution in [1.82, 2.24) is 9.55 Å². The van der Waals surface area contributed by atoms with Crippen LogP contribution >= 0.6 is 0 Å². The summed E-state index contributed by atoms with van der Waals surface area (Å²) in [4.78, 5) is 15.5. The summed E-state index contributed by atoms with van der Waals surface area (Å²) in [5.74, 6) is 4.83. The highest BCUT2D eigenvalue weighted by Gasteiger charge is 2.06. The quantitative estimate of drug-likeness (QED) is 0.606. The molecule has 0 bridgehead atoms. The minimum atomic E-state index is -0.391. The van der Waals surface area contributed by atoms with E-state index in [0.29, 0.717) is 5.56 Å². The fourth-order valence-corrected chi connectivity index (χ4v) is 1.48. The van der Waals surface area contributed by atoms with Crippen molar-refractivity contribution < 1.29 is 4.39 Å². The lowest BCUT2D eigenvalue weighted by atomic mass is 10.2. The van der Waals surface area contributed by atoms with Crippen molar-refractivity contribution in [3.8, 4) is 0 Å². The van der Waals surface area contributed by atoms with Gasteiger partial charge in [-0.1, -0.05) is 18.2 Å². The van der Waals surface area contributed by atoms with E-state index in [2.05, 4.69) is 10.4 Å². The average Bonchev–Trinajstić information content (AvgIpc) is 2.34. The molecule has 0 fully saturated rings. The number of hydrogen-bond donors (Lipinski definition) is 2. The van der Waals surface area contributed by atoms with Gasteiger partial charge in [-0.25, -0.2) is 15.2 Å². The average molecular weight is 234 g/mol. The van der Waals surface area contributed by atoms with Gasteiger partial charge in [-0.3, -0.25) is 4.79 Å². The summed E-state index contributed by atoms with van der Waals surface area (Å²) in [6, 6.07) is 6.29. The molecule has 0 aliphatic heterocycles. The third-order valence-corrected chi connectivity index (χ3v) is 2.35. The second kappa shape index (κ2) is 4.75. The Morgan fingerprint density at radius 2 is 2.18 bits per heavy atom. The van der Waals surface area contributed by atoms with Gasteiger partial charge in [0, 0.05) is 18.0 Å². The summed E-state index contributed by atoms with van der Waals surface area (Å²) in [6.45, 7) is 0.142. The third-order valence-electron chi connectivity index (χ3n) is 2.35. The fourth-order valence-electron chi connectivity index (χ4n) is 1.48. The Kier molecular flexibility index (Phi) is 3.15. The summed E-state index contributed by atoms with van der Waals surface area (Å²) in [7, 11) is 0. The minimum absolute atomic E-state index is 0.0313. The van der Waals surface area contributed by atoms with E-state index in [1.165, 1.54) is 23.0 Å². The summed E-state index contributed by atoms with van der Waals surface area (Å²) in [6.07, 6.45) is 2.91. The number of rotatable bonds is 3. The van der Waals surface area contributed by atoms with E-state index in [1.807, 2.05) is 0 Å². The molecule has 1 heterocycles. The number of anilines is 1. The molecule has 0 amide bonds. The Bertz CT molecular complexity index is 582. The zero-order chi connectivity index (χ0) is 12.3. The van der Waals surface area contributed by atoms with Crippen molar-refractivity contribution >= 4 is 5.82 Å².